The van der Waals surface area contributed by atoms with E-state index in [0.29, 0.717) is 5.92 Å². The Morgan fingerprint density at radius 1 is 1.29 bits per heavy atom. The van der Waals surface area contributed by atoms with Gasteiger partial charge < -0.3 is 10.1 Å². The molecule has 0 saturated heterocycles. The molecule has 0 unspecified atom stereocenters. The summed E-state index contributed by atoms with van der Waals surface area (Å²) in [6.07, 6.45) is 8.30. The number of hydrogen-bond donors (Lipinski definition) is 1. The van der Waals surface area contributed by atoms with Crippen LogP contribution in [-0.2, 0) is 16.9 Å². The fourth-order valence-corrected chi connectivity index (χ4v) is 2.93. The molecule has 4 nitrogen and oxygen atoms in total. The van der Waals surface area contributed by atoms with Gasteiger partial charge in [-0.2, -0.15) is 0 Å². The third-order valence-corrected chi connectivity index (χ3v) is 4.47. The highest BCUT2D eigenvalue weighted by Gasteiger charge is 2.38. The van der Waals surface area contributed by atoms with E-state index in [1.165, 1.54) is 12.8 Å². The Morgan fingerprint density at radius 3 is 2.43 bits per heavy atom. The Morgan fingerprint density at radius 2 is 1.90 bits per heavy atom. The van der Waals surface area contributed by atoms with Gasteiger partial charge in [-0.3, -0.25) is 0 Å². The third kappa shape index (κ3) is 4.24. The van der Waals surface area contributed by atoms with Crippen LogP contribution in [0.2, 0.25) is 0 Å². The molecule has 4 heteroatoms. The minimum atomic E-state index is -0.267. The van der Waals surface area contributed by atoms with Gasteiger partial charge in [-0.1, -0.05) is 20.8 Å². The molecule has 0 bridgehead atoms. The number of methoxy groups -OCH3 is 1. The van der Waals surface area contributed by atoms with Crippen molar-refractivity contribution in [2.45, 2.75) is 58.6 Å². The molecule has 1 heterocycles. The minimum absolute atomic E-state index is 0.267. The predicted octanol–water partition coefficient (Wildman–Crippen LogP) is 3.27. The lowest BCUT2D eigenvalue weighted by Gasteiger charge is -2.36. The Labute approximate surface area is 128 Å². The summed E-state index contributed by atoms with van der Waals surface area (Å²) in [6, 6.07) is 0. The molecule has 0 amide bonds. The van der Waals surface area contributed by atoms with E-state index in [0.717, 1.165) is 43.2 Å². The molecule has 1 aliphatic rings. The first kappa shape index (κ1) is 16.4. The zero-order valence-corrected chi connectivity index (χ0v) is 13.9. The van der Waals surface area contributed by atoms with E-state index in [1.807, 2.05) is 12.4 Å². The predicted molar refractivity (Wildman–Crippen MR) is 84.9 cm³/mol. The summed E-state index contributed by atoms with van der Waals surface area (Å²) in [7, 11) is 1.79. The van der Waals surface area contributed by atoms with Crippen LogP contribution in [0.1, 0.15) is 57.8 Å². The van der Waals surface area contributed by atoms with Crippen molar-refractivity contribution < 1.29 is 4.74 Å². The van der Waals surface area contributed by atoms with Gasteiger partial charge in [0.1, 0.15) is 5.60 Å². The fourth-order valence-electron chi connectivity index (χ4n) is 2.93. The van der Waals surface area contributed by atoms with E-state index in [-0.39, 0.29) is 5.60 Å². The zero-order chi connectivity index (χ0) is 15.3. The molecule has 21 heavy (non-hydrogen) atoms. The first-order valence-corrected chi connectivity index (χ1v) is 8.13. The Kier molecular flexibility index (Phi) is 5.71. The van der Waals surface area contributed by atoms with Gasteiger partial charge in [0.15, 0.2) is 5.82 Å². The molecule has 2 rings (SSSR count). The number of nitrogens with one attached hydrogen (secondary N) is 1. The first-order chi connectivity index (χ1) is 10.1. The highest BCUT2D eigenvalue weighted by Crippen LogP contribution is 2.40. The van der Waals surface area contributed by atoms with Crippen molar-refractivity contribution in [2.24, 2.45) is 11.8 Å². The van der Waals surface area contributed by atoms with Crippen molar-refractivity contribution in [3.8, 4) is 0 Å². The highest BCUT2D eigenvalue weighted by molar-refractivity contribution is 5.10. The van der Waals surface area contributed by atoms with Gasteiger partial charge >= 0.3 is 0 Å². The smallest absolute Gasteiger partial charge is 0.160 e. The van der Waals surface area contributed by atoms with Crippen LogP contribution in [0, 0.1) is 11.8 Å². The summed E-state index contributed by atoms with van der Waals surface area (Å²) >= 11 is 0. The van der Waals surface area contributed by atoms with Crippen LogP contribution in [0.4, 0.5) is 0 Å². The van der Waals surface area contributed by atoms with Crippen LogP contribution >= 0.6 is 0 Å². The average molecular weight is 291 g/mol. The molecular formula is C17H29N3O. The molecule has 0 radical (unpaired) electrons. The molecule has 0 aromatic carbocycles. The summed E-state index contributed by atoms with van der Waals surface area (Å²) in [5, 5.41) is 3.42. The van der Waals surface area contributed by atoms with Gasteiger partial charge in [0.05, 0.1) is 0 Å². The number of hydrogen-bond acceptors (Lipinski definition) is 4. The molecule has 0 aliphatic heterocycles. The normalized spacial score (nSPS) is 26.2. The van der Waals surface area contributed by atoms with Crippen LogP contribution in [-0.4, -0.2) is 23.6 Å². The number of ether oxygens (including phenoxy) is 1. The summed E-state index contributed by atoms with van der Waals surface area (Å²) in [5.74, 6) is 2.29. The van der Waals surface area contributed by atoms with E-state index in [2.05, 4.69) is 36.1 Å². The molecule has 1 N–H and O–H groups in total. The standard InChI is InChI=1S/C17H29N3O/c1-13(2)9-18-10-15-11-19-16(20-12-15)17(21-4)7-5-14(3)6-8-17/h11-14,18H,5-10H2,1-4H3. The summed E-state index contributed by atoms with van der Waals surface area (Å²) in [5.41, 5.74) is 0.867. The molecule has 1 fully saturated rings. The van der Waals surface area contributed by atoms with Crippen molar-refractivity contribution >= 4 is 0 Å². The lowest BCUT2D eigenvalue weighted by Crippen LogP contribution is -2.35. The minimum Gasteiger partial charge on any atom is -0.370 e. The molecule has 0 spiro atoms. The van der Waals surface area contributed by atoms with Crippen molar-refractivity contribution in [3.63, 3.8) is 0 Å². The molecule has 1 saturated carbocycles. The second-order valence-corrected chi connectivity index (χ2v) is 6.82. The number of rotatable bonds is 6. The Hall–Kier alpha value is -1.00. The summed E-state index contributed by atoms with van der Waals surface area (Å²) < 4.78 is 5.83. The lowest BCUT2D eigenvalue weighted by molar-refractivity contribution is -0.0597. The molecule has 118 valence electrons. The lowest BCUT2D eigenvalue weighted by atomic mass is 9.79. The van der Waals surface area contributed by atoms with E-state index in [1.54, 1.807) is 7.11 Å². The zero-order valence-electron chi connectivity index (χ0n) is 13.9. The van der Waals surface area contributed by atoms with Gasteiger partial charge in [0.2, 0.25) is 0 Å². The van der Waals surface area contributed by atoms with Crippen molar-refractivity contribution in [1.29, 1.82) is 0 Å². The third-order valence-electron chi connectivity index (χ3n) is 4.47. The van der Waals surface area contributed by atoms with E-state index in [4.69, 9.17) is 4.74 Å². The second-order valence-electron chi connectivity index (χ2n) is 6.82. The second kappa shape index (κ2) is 7.32. The van der Waals surface area contributed by atoms with Crippen LogP contribution in [0.15, 0.2) is 12.4 Å². The Balaban J connectivity index is 2.00. The van der Waals surface area contributed by atoms with Crippen LogP contribution in [0.3, 0.4) is 0 Å². The van der Waals surface area contributed by atoms with Crippen LogP contribution in [0.25, 0.3) is 0 Å². The molecule has 1 aromatic heterocycles. The monoisotopic (exact) mass is 291 g/mol. The topological polar surface area (TPSA) is 47.0 Å². The van der Waals surface area contributed by atoms with Crippen molar-refractivity contribution in [2.75, 3.05) is 13.7 Å². The maximum absolute atomic E-state index is 5.83. The van der Waals surface area contributed by atoms with Gasteiger partial charge in [0.25, 0.3) is 0 Å². The maximum Gasteiger partial charge on any atom is 0.160 e. The van der Waals surface area contributed by atoms with Gasteiger partial charge in [-0.15, -0.1) is 0 Å². The molecule has 0 atom stereocenters. The van der Waals surface area contributed by atoms with Gasteiger partial charge in [0, 0.05) is 31.6 Å². The Bertz CT molecular complexity index is 422. The van der Waals surface area contributed by atoms with E-state index < -0.39 is 0 Å². The molecule has 1 aliphatic carbocycles. The SMILES string of the molecule is COC1(c2ncc(CNCC(C)C)cn2)CCC(C)CC1. The quantitative estimate of drug-likeness (QED) is 0.874. The van der Waals surface area contributed by atoms with Gasteiger partial charge in [-0.25, -0.2) is 9.97 Å². The summed E-state index contributed by atoms with van der Waals surface area (Å²) in [4.78, 5) is 9.18. The average Bonchev–Trinajstić information content (AvgIpc) is 2.49. The number of nitrogens with zero attached hydrogens (tertiary/aromatic N) is 2. The maximum atomic E-state index is 5.83. The largest absolute Gasteiger partial charge is 0.370 e. The van der Waals surface area contributed by atoms with E-state index in [9.17, 15) is 0 Å². The fraction of sp³-hybridized carbons (Fsp3) is 0.765. The van der Waals surface area contributed by atoms with Crippen molar-refractivity contribution in [1.82, 2.24) is 15.3 Å². The number of aromatic nitrogens is 2. The summed E-state index contributed by atoms with van der Waals surface area (Å²) in [6.45, 7) is 8.57. The molecular weight excluding hydrogens is 262 g/mol. The van der Waals surface area contributed by atoms with Crippen LogP contribution in [0.5, 0.6) is 0 Å². The van der Waals surface area contributed by atoms with Crippen molar-refractivity contribution in [3.05, 3.63) is 23.8 Å². The highest BCUT2D eigenvalue weighted by atomic mass is 16.5. The first-order valence-electron chi connectivity index (χ1n) is 8.13. The van der Waals surface area contributed by atoms with Crippen LogP contribution < -0.4 is 5.32 Å². The molecule has 1 aromatic rings. The van der Waals surface area contributed by atoms with E-state index >= 15 is 0 Å². The van der Waals surface area contributed by atoms with Gasteiger partial charge in [-0.05, 0) is 44.1 Å².